The van der Waals surface area contributed by atoms with Gasteiger partial charge in [0.1, 0.15) is 17.5 Å². The predicted octanol–water partition coefficient (Wildman–Crippen LogP) is 4.20. The SMILES string of the molecule is Cc1cc(NC(=O)c2ccc(-c3ncccc3Cl)c(F)c2)nc(C)n1. The van der Waals surface area contributed by atoms with Crippen LogP contribution in [0, 0.1) is 19.7 Å². The van der Waals surface area contributed by atoms with E-state index in [-0.39, 0.29) is 11.1 Å². The van der Waals surface area contributed by atoms with Gasteiger partial charge in [0, 0.05) is 29.1 Å². The Bertz CT molecular complexity index is 941. The molecule has 5 nitrogen and oxygen atoms in total. The molecule has 0 aliphatic carbocycles. The summed E-state index contributed by atoms with van der Waals surface area (Å²) in [5.41, 5.74) is 1.46. The van der Waals surface area contributed by atoms with E-state index < -0.39 is 11.7 Å². The smallest absolute Gasteiger partial charge is 0.256 e. The molecule has 0 radical (unpaired) electrons. The summed E-state index contributed by atoms with van der Waals surface area (Å²) >= 11 is 6.05. The lowest BCUT2D eigenvalue weighted by Crippen LogP contribution is -2.14. The second kappa shape index (κ2) is 6.94. The van der Waals surface area contributed by atoms with Crippen molar-refractivity contribution < 1.29 is 9.18 Å². The summed E-state index contributed by atoms with van der Waals surface area (Å²) in [6.45, 7) is 3.53. The van der Waals surface area contributed by atoms with Crippen LogP contribution >= 0.6 is 11.6 Å². The van der Waals surface area contributed by atoms with Crippen molar-refractivity contribution >= 4 is 23.3 Å². The number of carbonyl (C=O) groups excluding carboxylic acids is 1. The Morgan fingerprint density at radius 1 is 1.16 bits per heavy atom. The van der Waals surface area contributed by atoms with Gasteiger partial charge < -0.3 is 5.32 Å². The van der Waals surface area contributed by atoms with Crippen LogP contribution in [-0.2, 0) is 0 Å². The normalized spacial score (nSPS) is 10.6. The van der Waals surface area contributed by atoms with E-state index in [1.54, 1.807) is 32.0 Å². The van der Waals surface area contributed by atoms with Crippen molar-refractivity contribution in [1.29, 1.82) is 0 Å². The molecule has 0 aliphatic heterocycles. The monoisotopic (exact) mass is 356 g/mol. The first kappa shape index (κ1) is 17.0. The lowest BCUT2D eigenvalue weighted by Gasteiger charge is -2.08. The van der Waals surface area contributed by atoms with Gasteiger partial charge >= 0.3 is 0 Å². The number of rotatable bonds is 3. The van der Waals surface area contributed by atoms with Crippen LogP contribution in [0.3, 0.4) is 0 Å². The zero-order chi connectivity index (χ0) is 18.0. The molecule has 1 aromatic carbocycles. The molecular weight excluding hydrogens is 343 g/mol. The van der Waals surface area contributed by atoms with E-state index in [2.05, 4.69) is 20.3 Å². The van der Waals surface area contributed by atoms with Gasteiger partial charge in [-0.2, -0.15) is 0 Å². The molecule has 0 atom stereocenters. The predicted molar refractivity (Wildman–Crippen MR) is 94.1 cm³/mol. The molecular formula is C18H14ClFN4O. The van der Waals surface area contributed by atoms with E-state index in [9.17, 15) is 9.18 Å². The molecule has 1 N–H and O–H groups in total. The molecule has 0 aliphatic rings. The zero-order valence-electron chi connectivity index (χ0n) is 13.5. The lowest BCUT2D eigenvalue weighted by molar-refractivity contribution is 0.102. The summed E-state index contributed by atoms with van der Waals surface area (Å²) in [7, 11) is 0. The maximum absolute atomic E-state index is 14.4. The van der Waals surface area contributed by atoms with Crippen molar-refractivity contribution in [2.24, 2.45) is 0 Å². The van der Waals surface area contributed by atoms with E-state index >= 15 is 0 Å². The maximum atomic E-state index is 14.4. The quantitative estimate of drug-likeness (QED) is 0.763. The minimum absolute atomic E-state index is 0.169. The first-order valence-electron chi connectivity index (χ1n) is 7.48. The molecule has 2 heterocycles. The Morgan fingerprint density at radius 2 is 1.96 bits per heavy atom. The summed E-state index contributed by atoms with van der Waals surface area (Å²) in [6.07, 6.45) is 1.53. The summed E-state index contributed by atoms with van der Waals surface area (Å²) in [5.74, 6) is -0.132. The number of nitrogens with one attached hydrogen (secondary N) is 1. The number of nitrogens with zero attached hydrogens (tertiary/aromatic N) is 3. The number of hydrogen-bond donors (Lipinski definition) is 1. The van der Waals surface area contributed by atoms with Crippen molar-refractivity contribution in [1.82, 2.24) is 15.0 Å². The molecule has 0 saturated carbocycles. The number of carbonyl (C=O) groups is 1. The van der Waals surface area contributed by atoms with Crippen molar-refractivity contribution in [2.45, 2.75) is 13.8 Å². The number of hydrogen-bond acceptors (Lipinski definition) is 4. The van der Waals surface area contributed by atoms with Gasteiger partial charge in [0.15, 0.2) is 0 Å². The fourth-order valence-corrected chi connectivity index (χ4v) is 2.63. The molecule has 126 valence electrons. The van der Waals surface area contributed by atoms with Gasteiger partial charge in [0.2, 0.25) is 0 Å². The van der Waals surface area contributed by atoms with Crippen LogP contribution in [0.15, 0.2) is 42.6 Å². The van der Waals surface area contributed by atoms with E-state index in [1.165, 1.54) is 18.3 Å². The molecule has 0 fully saturated rings. The van der Waals surface area contributed by atoms with E-state index in [1.807, 2.05) is 0 Å². The number of anilines is 1. The molecule has 3 rings (SSSR count). The highest BCUT2D eigenvalue weighted by Gasteiger charge is 2.14. The third-order valence-electron chi connectivity index (χ3n) is 3.45. The maximum Gasteiger partial charge on any atom is 0.256 e. The second-order valence-electron chi connectivity index (χ2n) is 5.42. The van der Waals surface area contributed by atoms with Crippen LogP contribution in [0.1, 0.15) is 21.9 Å². The van der Waals surface area contributed by atoms with Gasteiger partial charge in [-0.3, -0.25) is 9.78 Å². The molecule has 25 heavy (non-hydrogen) atoms. The highest BCUT2D eigenvalue weighted by atomic mass is 35.5. The summed E-state index contributed by atoms with van der Waals surface area (Å²) in [4.78, 5) is 24.7. The molecule has 3 aromatic rings. The molecule has 0 spiro atoms. The minimum Gasteiger partial charge on any atom is -0.306 e. The fourth-order valence-electron chi connectivity index (χ4n) is 2.40. The zero-order valence-corrected chi connectivity index (χ0v) is 14.3. The summed E-state index contributed by atoms with van der Waals surface area (Å²) in [6, 6.07) is 9.08. The van der Waals surface area contributed by atoms with E-state index in [4.69, 9.17) is 11.6 Å². The van der Waals surface area contributed by atoms with Crippen molar-refractivity contribution in [3.8, 4) is 11.3 Å². The molecule has 0 unspecified atom stereocenters. The summed E-state index contributed by atoms with van der Waals surface area (Å²) in [5, 5.41) is 2.98. The van der Waals surface area contributed by atoms with Crippen LogP contribution in [0.2, 0.25) is 5.02 Å². The highest BCUT2D eigenvalue weighted by Crippen LogP contribution is 2.28. The third-order valence-corrected chi connectivity index (χ3v) is 3.76. The Balaban J connectivity index is 1.87. The lowest BCUT2D eigenvalue weighted by atomic mass is 10.1. The van der Waals surface area contributed by atoms with Gasteiger partial charge in [-0.25, -0.2) is 14.4 Å². The van der Waals surface area contributed by atoms with E-state index in [0.717, 1.165) is 11.8 Å². The first-order valence-corrected chi connectivity index (χ1v) is 7.86. The van der Waals surface area contributed by atoms with Gasteiger partial charge in [0.25, 0.3) is 5.91 Å². The number of pyridine rings is 1. The molecule has 2 aromatic heterocycles. The van der Waals surface area contributed by atoms with Gasteiger partial charge in [0.05, 0.1) is 10.7 Å². The average molecular weight is 357 g/mol. The standard InChI is InChI=1S/C18H14ClFN4O/c1-10-8-16(23-11(2)22-10)24-18(25)12-5-6-13(15(20)9-12)17-14(19)4-3-7-21-17/h3-9H,1-2H3,(H,22,23,24,25). The molecule has 1 amide bonds. The minimum atomic E-state index is -0.580. The Morgan fingerprint density at radius 3 is 2.64 bits per heavy atom. The van der Waals surface area contributed by atoms with Crippen LogP contribution in [0.5, 0.6) is 0 Å². The van der Waals surface area contributed by atoms with Crippen molar-refractivity contribution in [2.75, 3.05) is 5.32 Å². The number of benzene rings is 1. The van der Waals surface area contributed by atoms with Crippen molar-refractivity contribution in [3.63, 3.8) is 0 Å². The number of halogens is 2. The van der Waals surface area contributed by atoms with Crippen LogP contribution in [0.25, 0.3) is 11.3 Å². The topological polar surface area (TPSA) is 67.8 Å². The highest BCUT2D eigenvalue weighted by molar-refractivity contribution is 6.33. The largest absolute Gasteiger partial charge is 0.306 e. The summed E-state index contributed by atoms with van der Waals surface area (Å²) < 4.78 is 14.4. The number of aromatic nitrogens is 3. The van der Waals surface area contributed by atoms with Gasteiger partial charge in [-0.1, -0.05) is 11.6 Å². The second-order valence-corrected chi connectivity index (χ2v) is 5.83. The molecule has 0 bridgehead atoms. The van der Waals surface area contributed by atoms with Crippen molar-refractivity contribution in [3.05, 3.63) is 70.5 Å². The van der Waals surface area contributed by atoms with Crippen LogP contribution in [-0.4, -0.2) is 20.9 Å². The van der Waals surface area contributed by atoms with E-state index in [0.29, 0.717) is 22.4 Å². The first-order chi connectivity index (χ1) is 11.9. The molecule has 0 saturated heterocycles. The Labute approximate surface area is 148 Å². The average Bonchev–Trinajstić information content (AvgIpc) is 2.54. The number of aryl methyl sites for hydroxylation is 2. The van der Waals surface area contributed by atoms with Gasteiger partial charge in [-0.05, 0) is 44.2 Å². The molecule has 7 heteroatoms. The Hall–Kier alpha value is -2.86. The fraction of sp³-hybridized carbons (Fsp3) is 0.111. The Kier molecular flexibility index (Phi) is 4.72. The van der Waals surface area contributed by atoms with Gasteiger partial charge in [-0.15, -0.1) is 0 Å². The third kappa shape index (κ3) is 3.80. The van der Waals surface area contributed by atoms with Crippen LogP contribution in [0.4, 0.5) is 10.2 Å². The number of amides is 1. The van der Waals surface area contributed by atoms with Crippen LogP contribution < -0.4 is 5.32 Å².